The molecule has 4 heteroatoms. The van der Waals surface area contributed by atoms with Crippen molar-refractivity contribution in [1.82, 2.24) is 5.32 Å². The lowest BCUT2D eigenvalue weighted by Crippen LogP contribution is -2.44. The Morgan fingerprint density at radius 2 is 2.05 bits per heavy atom. The molecule has 1 saturated heterocycles. The zero-order valence-corrected chi connectivity index (χ0v) is 11.8. The van der Waals surface area contributed by atoms with Gasteiger partial charge in [-0.3, -0.25) is 0 Å². The summed E-state index contributed by atoms with van der Waals surface area (Å²) in [6.07, 6.45) is 1.50. The van der Waals surface area contributed by atoms with Crippen molar-refractivity contribution in [3.63, 3.8) is 0 Å². The Morgan fingerprint density at radius 3 is 2.79 bits per heavy atom. The topological polar surface area (TPSA) is 27.7 Å². The molecular weight excluding hydrogens is 238 g/mol. The highest BCUT2D eigenvalue weighted by Gasteiger charge is 2.28. The van der Waals surface area contributed by atoms with E-state index in [0.29, 0.717) is 12.1 Å². The van der Waals surface area contributed by atoms with Gasteiger partial charge in [-0.15, -0.1) is 0 Å². The van der Waals surface area contributed by atoms with E-state index < -0.39 is 0 Å². The third-order valence-electron chi connectivity index (χ3n) is 4.29. The Labute approximate surface area is 115 Å². The summed E-state index contributed by atoms with van der Waals surface area (Å²) in [5, 5.41) is 3.57. The van der Waals surface area contributed by atoms with E-state index in [1.165, 1.54) is 11.4 Å². The van der Waals surface area contributed by atoms with Gasteiger partial charge in [0, 0.05) is 46.4 Å². The van der Waals surface area contributed by atoms with Crippen LogP contribution in [-0.4, -0.2) is 52.5 Å². The van der Waals surface area contributed by atoms with E-state index in [9.17, 15) is 0 Å². The van der Waals surface area contributed by atoms with Gasteiger partial charge in [0.05, 0.1) is 17.5 Å². The molecule has 0 amide bonds. The number of likely N-dealkylation sites (N-methyl/N-ethyl adjacent to an activating group) is 1. The highest BCUT2D eigenvalue weighted by atomic mass is 16.5. The number of hydrogen-bond acceptors (Lipinski definition) is 4. The average molecular weight is 261 g/mol. The number of ether oxygens (including phenoxy) is 1. The van der Waals surface area contributed by atoms with E-state index in [2.05, 4.69) is 46.4 Å². The minimum Gasteiger partial charge on any atom is -0.380 e. The van der Waals surface area contributed by atoms with Crippen molar-refractivity contribution in [1.29, 1.82) is 0 Å². The molecule has 0 saturated carbocycles. The number of fused-ring (bicyclic) bond motifs is 1. The van der Waals surface area contributed by atoms with Crippen LogP contribution in [0, 0.1) is 0 Å². The van der Waals surface area contributed by atoms with Crippen molar-refractivity contribution in [3.05, 3.63) is 24.3 Å². The Bertz CT molecular complexity index is 437. The van der Waals surface area contributed by atoms with Crippen LogP contribution >= 0.6 is 0 Å². The number of hydrogen-bond donors (Lipinski definition) is 1. The number of anilines is 2. The van der Waals surface area contributed by atoms with Crippen LogP contribution < -0.4 is 15.1 Å². The molecule has 0 spiro atoms. The maximum atomic E-state index is 5.43. The number of nitrogens with one attached hydrogen (secondary N) is 1. The summed E-state index contributed by atoms with van der Waals surface area (Å²) < 4.78 is 5.43. The third-order valence-corrected chi connectivity index (χ3v) is 4.29. The largest absolute Gasteiger partial charge is 0.380 e. The van der Waals surface area contributed by atoms with Crippen LogP contribution in [-0.2, 0) is 4.74 Å². The van der Waals surface area contributed by atoms with E-state index >= 15 is 0 Å². The van der Waals surface area contributed by atoms with E-state index in [-0.39, 0.29) is 0 Å². The van der Waals surface area contributed by atoms with Crippen molar-refractivity contribution in [3.8, 4) is 0 Å². The van der Waals surface area contributed by atoms with Crippen molar-refractivity contribution in [2.24, 2.45) is 0 Å². The Kier molecular flexibility index (Phi) is 3.62. The van der Waals surface area contributed by atoms with Crippen LogP contribution in [0.2, 0.25) is 0 Å². The van der Waals surface area contributed by atoms with Crippen molar-refractivity contribution in [2.75, 3.05) is 50.1 Å². The second-order valence-corrected chi connectivity index (χ2v) is 5.55. The zero-order valence-electron chi connectivity index (χ0n) is 11.8. The highest BCUT2D eigenvalue weighted by molar-refractivity contribution is 5.73. The smallest absolute Gasteiger partial charge is 0.0711 e. The molecule has 2 aliphatic heterocycles. The molecule has 2 aliphatic rings. The molecule has 0 radical (unpaired) electrons. The molecule has 2 unspecified atom stereocenters. The number of para-hydroxylation sites is 2. The molecule has 2 atom stereocenters. The number of nitrogens with zero attached hydrogens (tertiary/aromatic N) is 2. The minimum atomic E-state index is 0.382. The molecule has 2 heterocycles. The molecule has 0 aromatic heterocycles. The normalized spacial score (nSPS) is 26.6. The summed E-state index contributed by atoms with van der Waals surface area (Å²) in [6.45, 7) is 4.25. The molecule has 19 heavy (non-hydrogen) atoms. The number of rotatable bonds is 3. The third kappa shape index (κ3) is 2.55. The summed E-state index contributed by atoms with van der Waals surface area (Å²) in [4.78, 5) is 4.84. The van der Waals surface area contributed by atoms with Gasteiger partial charge in [-0.2, -0.15) is 0 Å². The fourth-order valence-electron chi connectivity index (χ4n) is 3.12. The maximum absolute atomic E-state index is 5.43. The lowest BCUT2D eigenvalue weighted by Gasteiger charge is -2.38. The molecule has 104 valence electrons. The van der Waals surface area contributed by atoms with Crippen molar-refractivity contribution < 1.29 is 4.74 Å². The molecular formula is C15H23N3O. The van der Waals surface area contributed by atoms with Gasteiger partial charge in [-0.25, -0.2) is 0 Å². The van der Waals surface area contributed by atoms with E-state index in [4.69, 9.17) is 4.74 Å². The van der Waals surface area contributed by atoms with Crippen LogP contribution in [0.15, 0.2) is 24.3 Å². The standard InChI is InChI=1S/C15H23N3O/c1-17-7-8-18(15-6-4-3-5-14(15)17)11-12-9-13(19-2)10-16-12/h3-6,12-13,16H,7-11H2,1-2H3. The maximum Gasteiger partial charge on any atom is 0.0711 e. The van der Waals surface area contributed by atoms with Gasteiger partial charge >= 0.3 is 0 Å². The number of benzene rings is 1. The second-order valence-electron chi connectivity index (χ2n) is 5.55. The summed E-state index contributed by atoms with van der Waals surface area (Å²) in [6, 6.07) is 9.23. The van der Waals surface area contributed by atoms with Gasteiger partial charge in [0.1, 0.15) is 0 Å². The first-order valence-electron chi connectivity index (χ1n) is 7.09. The molecule has 0 aliphatic carbocycles. The van der Waals surface area contributed by atoms with Crippen LogP contribution in [0.3, 0.4) is 0 Å². The Hall–Kier alpha value is -1.26. The van der Waals surface area contributed by atoms with Gasteiger partial charge in [0.15, 0.2) is 0 Å². The summed E-state index contributed by atoms with van der Waals surface area (Å²) in [7, 11) is 3.98. The predicted octanol–water partition coefficient (Wildman–Crippen LogP) is 1.32. The molecule has 4 nitrogen and oxygen atoms in total. The van der Waals surface area contributed by atoms with Crippen molar-refractivity contribution >= 4 is 11.4 Å². The second kappa shape index (κ2) is 5.39. The summed E-state index contributed by atoms with van der Waals surface area (Å²) >= 11 is 0. The first-order chi connectivity index (χ1) is 9.28. The van der Waals surface area contributed by atoms with Gasteiger partial charge in [0.2, 0.25) is 0 Å². The fraction of sp³-hybridized carbons (Fsp3) is 0.600. The first-order valence-corrected chi connectivity index (χ1v) is 7.09. The summed E-state index contributed by atoms with van der Waals surface area (Å²) in [5.74, 6) is 0. The van der Waals surface area contributed by atoms with Gasteiger partial charge < -0.3 is 19.9 Å². The average Bonchev–Trinajstić information content (AvgIpc) is 2.90. The van der Waals surface area contributed by atoms with E-state index in [1.54, 1.807) is 7.11 Å². The lowest BCUT2D eigenvalue weighted by atomic mass is 10.1. The van der Waals surface area contributed by atoms with Gasteiger partial charge in [-0.05, 0) is 18.6 Å². The van der Waals surface area contributed by atoms with Gasteiger partial charge in [0.25, 0.3) is 0 Å². The lowest BCUT2D eigenvalue weighted by molar-refractivity contribution is 0.117. The molecule has 3 rings (SSSR count). The molecule has 1 fully saturated rings. The first kappa shape index (κ1) is 12.8. The fourth-order valence-corrected chi connectivity index (χ4v) is 3.12. The SMILES string of the molecule is COC1CNC(CN2CCN(C)c3ccccc32)C1. The highest BCUT2D eigenvalue weighted by Crippen LogP contribution is 2.32. The van der Waals surface area contributed by atoms with Crippen LogP contribution in [0.4, 0.5) is 11.4 Å². The monoisotopic (exact) mass is 261 g/mol. The zero-order chi connectivity index (χ0) is 13.2. The van der Waals surface area contributed by atoms with Gasteiger partial charge in [-0.1, -0.05) is 12.1 Å². The number of methoxy groups -OCH3 is 1. The van der Waals surface area contributed by atoms with Crippen LogP contribution in [0.25, 0.3) is 0 Å². The molecule has 1 aromatic carbocycles. The quantitative estimate of drug-likeness (QED) is 0.888. The van der Waals surface area contributed by atoms with E-state index in [0.717, 1.165) is 32.6 Å². The Balaban J connectivity index is 1.71. The molecule has 1 N–H and O–H groups in total. The molecule has 0 bridgehead atoms. The summed E-state index contributed by atoms with van der Waals surface area (Å²) in [5.41, 5.74) is 2.70. The predicted molar refractivity (Wildman–Crippen MR) is 79.1 cm³/mol. The Morgan fingerprint density at radius 1 is 1.26 bits per heavy atom. The minimum absolute atomic E-state index is 0.382. The van der Waals surface area contributed by atoms with E-state index in [1.807, 2.05) is 0 Å². The van der Waals surface area contributed by atoms with Crippen LogP contribution in [0.5, 0.6) is 0 Å². The van der Waals surface area contributed by atoms with Crippen molar-refractivity contribution in [2.45, 2.75) is 18.6 Å². The van der Waals surface area contributed by atoms with Crippen LogP contribution in [0.1, 0.15) is 6.42 Å². The molecule has 1 aromatic rings.